The van der Waals surface area contributed by atoms with E-state index in [-0.39, 0.29) is 11.5 Å². The SMILES string of the molecule is CCc1cc(=O)n(CCNC(=O)c2ccc(OC)cc2OC)cn1. The lowest BCUT2D eigenvalue weighted by atomic mass is 10.1. The molecule has 0 saturated heterocycles. The number of hydrogen-bond acceptors (Lipinski definition) is 5. The minimum absolute atomic E-state index is 0.127. The second-order valence-electron chi connectivity index (χ2n) is 5.09. The van der Waals surface area contributed by atoms with Gasteiger partial charge in [-0.05, 0) is 18.6 Å². The fourth-order valence-corrected chi connectivity index (χ4v) is 2.20. The molecule has 2 rings (SSSR count). The van der Waals surface area contributed by atoms with Crippen LogP contribution >= 0.6 is 0 Å². The Labute approximate surface area is 140 Å². The van der Waals surface area contributed by atoms with Crippen molar-refractivity contribution in [1.82, 2.24) is 14.9 Å². The molecule has 0 atom stereocenters. The molecule has 128 valence electrons. The Kier molecular flexibility index (Phi) is 5.95. The molecule has 0 radical (unpaired) electrons. The number of aryl methyl sites for hydroxylation is 1. The van der Waals surface area contributed by atoms with Gasteiger partial charge in [0.15, 0.2) is 0 Å². The Morgan fingerprint density at radius 3 is 2.67 bits per heavy atom. The van der Waals surface area contributed by atoms with Crippen LogP contribution in [0.3, 0.4) is 0 Å². The largest absolute Gasteiger partial charge is 0.497 e. The summed E-state index contributed by atoms with van der Waals surface area (Å²) in [5.74, 6) is 0.760. The zero-order valence-electron chi connectivity index (χ0n) is 14.0. The first-order valence-corrected chi connectivity index (χ1v) is 7.64. The lowest BCUT2D eigenvalue weighted by Crippen LogP contribution is -2.31. The standard InChI is InChI=1S/C17H21N3O4/c1-4-12-9-16(21)20(11-19-12)8-7-18-17(22)14-6-5-13(23-2)10-15(14)24-3/h5-6,9-11H,4,7-8H2,1-3H3,(H,18,22). The fraction of sp³-hybridized carbons (Fsp3) is 0.353. The molecule has 7 nitrogen and oxygen atoms in total. The maximum Gasteiger partial charge on any atom is 0.255 e. The van der Waals surface area contributed by atoms with E-state index in [1.165, 1.54) is 24.1 Å². The number of amides is 1. The van der Waals surface area contributed by atoms with Crippen LogP contribution in [0.5, 0.6) is 11.5 Å². The first-order valence-electron chi connectivity index (χ1n) is 7.64. The summed E-state index contributed by atoms with van der Waals surface area (Å²) in [5, 5.41) is 2.77. The summed E-state index contributed by atoms with van der Waals surface area (Å²) in [7, 11) is 3.04. The molecule has 0 aliphatic heterocycles. The number of methoxy groups -OCH3 is 2. The van der Waals surface area contributed by atoms with E-state index in [0.717, 1.165) is 5.69 Å². The molecule has 0 aliphatic carbocycles. The smallest absolute Gasteiger partial charge is 0.255 e. The van der Waals surface area contributed by atoms with E-state index in [1.54, 1.807) is 25.3 Å². The van der Waals surface area contributed by atoms with Gasteiger partial charge < -0.3 is 14.8 Å². The molecule has 7 heteroatoms. The fourth-order valence-electron chi connectivity index (χ4n) is 2.20. The van der Waals surface area contributed by atoms with Gasteiger partial charge in [-0.2, -0.15) is 0 Å². The van der Waals surface area contributed by atoms with Crippen molar-refractivity contribution >= 4 is 5.91 Å². The van der Waals surface area contributed by atoms with Gasteiger partial charge in [0.05, 0.1) is 26.1 Å². The number of nitrogens with zero attached hydrogens (tertiary/aromatic N) is 2. The highest BCUT2D eigenvalue weighted by atomic mass is 16.5. The van der Waals surface area contributed by atoms with E-state index in [0.29, 0.717) is 36.6 Å². The molecular weight excluding hydrogens is 310 g/mol. The van der Waals surface area contributed by atoms with E-state index in [4.69, 9.17) is 9.47 Å². The number of carbonyl (C=O) groups is 1. The zero-order chi connectivity index (χ0) is 17.5. The molecule has 24 heavy (non-hydrogen) atoms. The second kappa shape index (κ2) is 8.14. The quantitative estimate of drug-likeness (QED) is 0.826. The second-order valence-corrected chi connectivity index (χ2v) is 5.09. The van der Waals surface area contributed by atoms with Crippen LogP contribution in [-0.4, -0.2) is 36.2 Å². The van der Waals surface area contributed by atoms with Crippen molar-refractivity contribution in [2.75, 3.05) is 20.8 Å². The Morgan fingerprint density at radius 2 is 2.04 bits per heavy atom. The summed E-state index contributed by atoms with van der Waals surface area (Å²) in [6.07, 6.45) is 2.21. The summed E-state index contributed by atoms with van der Waals surface area (Å²) in [4.78, 5) is 28.3. The number of benzene rings is 1. The van der Waals surface area contributed by atoms with E-state index in [1.807, 2.05) is 6.92 Å². The van der Waals surface area contributed by atoms with Crippen LogP contribution in [0.2, 0.25) is 0 Å². The minimum atomic E-state index is -0.277. The topological polar surface area (TPSA) is 82.5 Å². The van der Waals surface area contributed by atoms with Gasteiger partial charge in [-0.15, -0.1) is 0 Å². The van der Waals surface area contributed by atoms with Gasteiger partial charge in [0.2, 0.25) is 0 Å². The summed E-state index contributed by atoms with van der Waals surface area (Å²) in [5.41, 5.74) is 1.03. The lowest BCUT2D eigenvalue weighted by Gasteiger charge is -2.11. The average Bonchev–Trinajstić information content (AvgIpc) is 2.62. The van der Waals surface area contributed by atoms with Crippen molar-refractivity contribution in [3.8, 4) is 11.5 Å². The summed E-state index contributed by atoms with van der Waals surface area (Å²) < 4.78 is 11.8. The number of nitrogens with one attached hydrogen (secondary N) is 1. The van der Waals surface area contributed by atoms with Crippen LogP contribution in [0.1, 0.15) is 23.0 Å². The number of carbonyl (C=O) groups excluding carboxylic acids is 1. The van der Waals surface area contributed by atoms with Gasteiger partial charge in [-0.25, -0.2) is 4.98 Å². The average molecular weight is 331 g/mol. The van der Waals surface area contributed by atoms with Gasteiger partial charge in [0.1, 0.15) is 11.5 Å². The molecule has 0 unspecified atom stereocenters. The molecular formula is C17H21N3O4. The third-order valence-electron chi connectivity index (χ3n) is 3.59. The molecule has 0 fully saturated rings. The maximum absolute atomic E-state index is 12.3. The molecule has 0 bridgehead atoms. The number of hydrogen-bond donors (Lipinski definition) is 1. The molecule has 1 N–H and O–H groups in total. The summed E-state index contributed by atoms with van der Waals surface area (Å²) >= 11 is 0. The predicted octanol–water partition coefficient (Wildman–Crippen LogP) is 1.25. The van der Waals surface area contributed by atoms with Crippen molar-refractivity contribution in [3.63, 3.8) is 0 Å². The van der Waals surface area contributed by atoms with E-state index < -0.39 is 0 Å². The van der Waals surface area contributed by atoms with Crippen molar-refractivity contribution in [2.45, 2.75) is 19.9 Å². The first kappa shape index (κ1) is 17.5. The third kappa shape index (κ3) is 4.13. The van der Waals surface area contributed by atoms with Crippen molar-refractivity contribution < 1.29 is 14.3 Å². The first-order chi connectivity index (χ1) is 11.6. The number of rotatable bonds is 7. The van der Waals surface area contributed by atoms with Gasteiger partial charge in [-0.3, -0.25) is 14.2 Å². The van der Waals surface area contributed by atoms with Gasteiger partial charge in [0, 0.05) is 30.9 Å². The highest BCUT2D eigenvalue weighted by Crippen LogP contribution is 2.24. The van der Waals surface area contributed by atoms with Crippen LogP contribution in [-0.2, 0) is 13.0 Å². The highest BCUT2D eigenvalue weighted by Gasteiger charge is 2.13. The normalized spacial score (nSPS) is 10.3. The summed E-state index contributed by atoms with van der Waals surface area (Å²) in [6, 6.07) is 6.48. The lowest BCUT2D eigenvalue weighted by molar-refractivity contribution is 0.0949. The van der Waals surface area contributed by atoms with E-state index in [2.05, 4.69) is 10.3 Å². The number of ether oxygens (including phenoxy) is 2. The van der Waals surface area contributed by atoms with Gasteiger partial charge in [-0.1, -0.05) is 6.92 Å². The van der Waals surface area contributed by atoms with E-state index in [9.17, 15) is 9.59 Å². The summed E-state index contributed by atoms with van der Waals surface area (Å²) in [6.45, 7) is 2.59. The molecule has 1 heterocycles. The van der Waals surface area contributed by atoms with Crippen LogP contribution in [0.15, 0.2) is 35.4 Å². The van der Waals surface area contributed by atoms with E-state index >= 15 is 0 Å². The highest BCUT2D eigenvalue weighted by molar-refractivity contribution is 5.97. The monoisotopic (exact) mass is 331 g/mol. The maximum atomic E-state index is 12.3. The van der Waals surface area contributed by atoms with Gasteiger partial charge >= 0.3 is 0 Å². The van der Waals surface area contributed by atoms with Crippen molar-refractivity contribution in [1.29, 1.82) is 0 Å². The molecule has 0 spiro atoms. The molecule has 0 aliphatic rings. The Hall–Kier alpha value is -2.83. The third-order valence-corrected chi connectivity index (χ3v) is 3.59. The molecule has 1 aromatic heterocycles. The Morgan fingerprint density at radius 1 is 1.25 bits per heavy atom. The zero-order valence-corrected chi connectivity index (χ0v) is 14.0. The molecule has 1 amide bonds. The van der Waals surface area contributed by atoms with Crippen LogP contribution in [0, 0.1) is 0 Å². The Bertz CT molecular complexity index is 771. The van der Waals surface area contributed by atoms with Crippen LogP contribution in [0.25, 0.3) is 0 Å². The van der Waals surface area contributed by atoms with Crippen LogP contribution in [0.4, 0.5) is 0 Å². The predicted molar refractivity (Wildman–Crippen MR) is 89.8 cm³/mol. The minimum Gasteiger partial charge on any atom is -0.497 e. The molecule has 1 aromatic carbocycles. The van der Waals surface area contributed by atoms with Gasteiger partial charge in [0.25, 0.3) is 11.5 Å². The molecule has 2 aromatic rings. The van der Waals surface area contributed by atoms with Crippen LogP contribution < -0.4 is 20.3 Å². The molecule has 0 saturated carbocycles. The Balaban J connectivity index is 2.00. The van der Waals surface area contributed by atoms with Crippen molar-refractivity contribution in [3.05, 3.63) is 52.2 Å². The number of aromatic nitrogens is 2. The van der Waals surface area contributed by atoms with Crippen molar-refractivity contribution in [2.24, 2.45) is 0 Å².